The summed E-state index contributed by atoms with van der Waals surface area (Å²) in [6, 6.07) is 32.9. The normalized spacial score (nSPS) is 15.6. The van der Waals surface area contributed by atoms with E-state index in [1.165, 1.54) is 18.6 Å². The van der Waals surface area contributed by atoms with E-state index in [0.29, 0.717) is 42.7 Å². The summed E-state index contributed by atoms with van der Waals surface area (Å²) < 4.78 is 37.4. The Labute approximate surface area is 319 Å². The van der Waals surface area contributed by atoms with E-state index in [1.54, 1.807) is 12.1 Å². The van der Waals surface area contributed by atoms with E-state index in [9.17, 15) is 18.3 Å². The van der Waals surface area contributed by atoms with Gasteiger partial charge in [0.25, 0.3) is 0 Å². The van der Waals surface area contributed by atoms with Gasteiger partial charge in [-0.1, -0.05) is 79.2 Å². The summed E-state index contributed by atoms with van der Waals surface area (Å²) in [6.07, 6.45) is 3.23. The molecule has 0 amide bonds. The van der Waals surface area contributed by atoms with Crippen LogP contribution in [0.2, 0.25) is 5.02 Å². The second kappa shape index (κ2) is 16.5. The van der Waals surface area contributed by atoms with Gasteiger partial charge in [-0.2, -0.15) is 0 Å². The number of carbonyl (C=O) groups is 1. The number of benzene rings is 4. The summed E-state index contributed by atoms with van der Waals surface area (Å²) in [5, 5.41) is 10.9. The smallest absolute Gasteiger partial charge is 0.335 e. The molecule has 8 nitrogen and oxygen atoms in total. The van der Waals surface area contributed by atoms with Crippen LogP contribution < -0.4 is 9.46 Å². The van der Waals surface area contributed by atoms with Gasteiger partial charge in [0.05, 0.1) is 23.4 Å². The number of piperidine rings is 1. The molecule has 11 heteroatoms. The lowest BCUT2D eigenvalue weighted by molar-refractivity contribution is 0.0697. The molecule has 0 radical (unpaired) electrons. The summed E-state index contributed by atoms with van der Waals surface area (Å²) in [4.78, 5) is 13.6. The monoisotopic (exact) mass is 839 g/mol. The quantitative estimate of drug-likeness (QED) is 0.0820. The SMILES string of the molecule is CC1CCCN(CCS(=O)(=O)NCCc2c(CCOc3ccc(C(=O)O)cc3)c3cc(Cl)ccc3n2C(I)(c2ccccc2)c2ccccc2)C1. The van der Waals surface area contributed by atoms with Crippen molar-refractivity contribution in [1.29, 1.82) is 0 Å². The first-order valence-corrected chi connectivity index (χ1v) is 20.4. The molecule has 1 aromatic heterocycles. The topological polar surface area (TPSA) is 101 Å². The van der Waals surface area contributed by atoms with Gasteiger partial charge in [-0.05, 0) is 107 Å². The summed E-state index contributed by atoms with van der Waals surface area (Å²) in [6.45, 7) is 5.16. The Bertz CT molecular complexity index is 2020. The zero-order valence-electron chi connectivity index (χ0n) is 28.6. The maximum Gasteiger partial charge on any atom is 0.335 e. The Morgan fingerprint density at radius 3 is 2.27 bits per heavy atom. The van der Waals surface area contributed by atoms with Crippen molar-refractivity contribution in [3.8, 4) is 5.75 Å². The predicted octanol–water partition coefficient (Wildman–Crippen LogP) is 7.99. The first kappa shape index (κ1) is 37.3. The van der Waals surface area contributed by atoms with Crippen molar-refractivity contribution < 1.29 is 23.1 Å². The van der Waals surface area contributed by atoms with Crippen LogP contribution >= 0.6 is 34.2 Å². The van der Waals surface area contributed by atoms with Gasteiger partial charge in [0, 0.05) is 48.6 Å². The van der Waals surface area contributed by atoms with Gasteiger partial charge >= 0.3 is 5.97 Å². The maximum atomic E-state index is 13.3. The number of halogens is 2. The third kappa shape index (κ3) is 8.80. The van der Waals surface area contributed by atoms with Crippen LogP contribution in [0.1, 0.15) is 52.5 Å². The van der Waals surface area contributed by atoms with E-state index in [1.807, 2.05) is 54.6 Å². The average molecular weight is 840 g/mol. The third-order valence-electron chi connectivity index (χ3n) is 9.59. The molecule has 1 atom stereocenters. The number of ether oxygens (including phenoxy) is 1. The minimum absolute atomic E-state index is 0.0595. The fourth-order valence-electron chi connectivity index (χ4n) is 7.12. The lowest BCUT2D eigenvalue weighted by Crippen LogP contribution is -2.40. The molecular weight excluding hydrogens is 797 g/mol. The van der Waals surface area contributed by atoms with Crippen molar-refractivity contribution in [1.82, 2.24) is 14.2 Å². The zero-order chi connectivity index (χ0) is 36.0. The van der Waals surface area contributed by atoms with Crippen LogP contribution in [0.3, 0.4) is 0 Å². The molecule has 0 bridgehead atoms. The van der Waals surface area contributed by atoms with Gasteiger partial charge in [0.15, 0.2) is 0 Å². The molecule has 1 aliphatic heterocycles. The summed E-state index contributed by atoms with van der Waals surface area (Å²) in [5.41, 5.74) is 5.30. The number of carboxylic acids is 1. The van der Waals surface area contributed by atoms with E-state index in [-0.39, 0.29) is 17.9 Å². The van der Waals surface area contributed by atoms with E-state index >= 15 is 0 Å². The van der Waals surface area contributed by atoms with Crippen LogP contribution in [-0.4, -0.2) is 67.5 Å². The lowest BCUT2D eigenvalue weighted by Gasteiger charge is -2.34. The Morgan fingerprint density at radius 2 is 1.65 bits per heavy atom. The first-order valence-electron chi connectivity index (χ1n) is 17.3. The predicted molar refractivity (Wildman–Crippen MR) is 213 cm³/mol. The number of likely N-dealkylation sites (tertiary alicyclic amines) is 1. The molecule has 268 valence electrons. The lowest BCUT2D eigenvalue weighted by atomic mass is 9.97. The largest absolute Gasteiger partial charge is 0.493 e. The maximum absolute atomic E-state index is 13.3. The summed E-state index contributed by atoms with van der Waals surface area (Å²) in [7, 11) is -3.52. The zero-order valence-corrected chi connectivity index (χ0v) is 32.3. The number of hydrogen-bond acceptors (Lipinski definition) is 5. The second-order valence-corrected chi connectivity index (χ2v) is 17.1. The van der Waals surface area contributed by atoms with Gasteiger partial charge < -0.3 is 19.3 Å². The van der Waals surface area contributed by atoms with Crippen molar-refractivity contribution in [2.24, 2.45) is 5.92 Å². The van der Waals surface area contributed by atoms with E-state index < -0.39 is 19.5 Å². The molecule has 6 rings (SSSR count). The molecule has 1 fully saturated rings. The van der Waals surface area contributed by atoms with E-state index in [0.717, 1.165) is 52.8 Å². The van der Waals surface area contributed by atoms with Crippen molar-refractivity contribution in [2.45, 2.75) is 36.2 Å². The first-order chi connectivity index (χ1) is 24.5. The summed E-state index contributed by atoms with van der Waals surface area (Å²) >= 11 is 9.19. The minimum atomic E-state index is -3.52. The van der Waals surface area contributed by atoms with Gasteiger partial charge in [-0.3, -0.25) is 0 Å². The number of rotatable bonds is 15. The highest BCUT2D eigenvalue weighted by atomic mass is 127. The molecule has 1 saturated heterocycles. The molecule has 0 aliphatic carbocycles. The molecule has 0 spiro atoms. The second-order valence-electron chi connectivity index (χ2n) is 13.2. The van der Waals surface area contributed by atoms with Crippen LogP contribution in [0, 0.1) is 5.92 Å². The molecule has 2 heterocycles. The fraction of sp³-hybridized carbons (Fsp3) is 0.325. The van der Waals surface area contributed by atoms with Crippen molar-refractivity contribution >= 4 is 61.1 Å². The number of carboxylic acid groups (broad SMARTS) is 1. The average Bonchev–Trinajstić information content (AvgIpc) is 3.43. The van der Waals surface area contributed by atoms with E-state index in [4.69, 9.17) is 16.3 Å². The molecule has 1 aliphatic rings. The van der Waals surface area contributed by atoms with Crippen LogP contribution in [0.4, 0.5) is 0 Å². The van der Waals surface area contributed by atoms with Crippen LogP contribution in [0.25, 0.3) is 10.9 Å². The van der Waals surface area contributed by atoms with Crippen LogP contribution in [0.15, 0.2) is 103 Å². The Kier molecular flexibility index (Phi) is 12.1. The van der Waals surface area contributed by atoms with Gasteiger partial charge in [0.1, 0.15) is 9.30 Å². The summed E-state index contributed by atoms with van der Waals surface area (Å²) in [5.74, 6) is 0.214. The minimum Gasteiger partial charge on any atom is -0.493 e. The molecule has 1 unspecified atom stereocenters. The number of aromatic nitrogens is 1. The highest BCUT2D eigenvalue weighted by molar-refractivity contribution is 14.1. The highest BCUT2D eigenvalue weighted by Crippen LogP contribution is 2.46. The van der Waals surface area contributed by atoms with Gasteiger partial charge in [-0.25, -0.2) is 17.9 Å². The molecule has 51 heavy (non-hydrogen) atoms. The molecular formula is C40H43ClIN3O5S. The highest BCUT2D eigenvalue weighted by Gasteiger charge is 2.37. The Morgan fingerprint density at radius 1 is 0.980 bits per heavy atom. The molecule has 4 aromatic carbocycles. The number of nitrogens with one attached hydrogen (secondary N) is 1. The van der Waals surface area contributed by atoms with Gasteiger partial charge in [0.2, 0.25) is 10.0 Å². The molecule has 0 saturated carbocycles. The number of sulfonamides is 1. The molecule has 5 aromatic rings. The Balaban J connectivity index is 1.38. The van der Waals surface area contributed by atoms with Crippen molar-refractivity contribution in [3.05, 3.63) is 136 Å². The Hall–Kier alpha value is -3.42. The molecule has 2 N–H and O–H groups in total. The van der Waals surface area contributed by atoms with Crippen LogP contribution in [-0.2, 0) is 26.4 Å². The number of alkyl halides is 1. The van der Waals surface area contributed by atoms with Crippen molar-refractivity contribution in [2.75, 3.05) is 38.5 Å². The number of aromatic carboxylic acids is 1. The third-order valence-corrected chi connectivity index (χ3v) is 12.9. The fourth-order valence-corrected chi connectivity index (χ4v) is 9.62. The van der Waals surface area contributed by atoms with Gasteiger partial charge in [-0.15, -0.1) is 0 Å². The van der Waals surface area contributed by atoms with Crippen molar-refractivity contribution in [3.63, 3.8) is 0 Å². The van der Waals surface area contributed by atoms with E-state index in [2.05, 4.69) is 68.0 Å². The number of fused-ring (bicyclic) bond motifs is 1. The number of nitrogens with zero attached hydrogens (tertiary/aromatic N) is 2. The van der Waals surface area contributed by atoms with Crippen LogP contribution in [0.5, 0.6) is 5.75 Å². The number of hydrogen-bond donors (Lipinski definition) is 2. The standard InChI is InChI=1S/C40H43ClIN3O5S/c1-29-9-8-23-44(28-29)24-26-51(48,49)43-22-20-38-35(21-25-50-34-17-14-30(15-18-34)39(46)47)36-27-33(41)16-19-37(36)45(38)40(42,31-10-4-2-5-11-31)32-12-6-3-7-13-32/h2-7,10-19,27,29,43H,8-9,20-26,28H2,1H3,(H,46,47).